The van der Waals surface area contributed by atoms with E-state index in [1.54, 1.807) is 37.3 Å². The van der Waals surface area contributed by atoms with Crippen molar-refractivity contribution in [2.45, 2.75) is 64.1 Å². The average Bonchev–Trinajstić information content (AvgIpc) is 2.96. The van der Waals surface area contributed by atoms with Crippen molar-refractivity contribution < 1.29 is 22.7 Å². The van der Waals surface area contributed by atoms with Gasteiger partial charge in [-0.05, 0) is 74.7 Å². The first-order valence-electron chi connectivity index (χ1n) is 13.8. The molecule has 0 fully saturated rings. The first-order valence-corrected chi connectivity index (χ1v) is 16.4. The second-order valence-corrected chi connectivity index (χ2v) is 13.3. The number of ether oxygens (including phenoxy) is 1. The molecule has 3 aromatic rings. The summed E-state index contributed by atoms with van der Waals surface area (Å²) in [6, 6.07) is 14.6. The number of hydrogen-bond acceptors (Lipinski definition) is 5. The summed E-state index contributed by atoms with van der Waals surface area (Å²) < 4.78 is 34.3. The number of carbonyl (C=O) groups is 2. The molecular weight excluding hydrogens is 633 g/mol. The molecule has 2 amide bonds. The van der Waals surface area contributed by atoms with Gasteiger partial charge in [0, 0.05) is 22.6 Å². The predicted octanol–water partition coefficient (Wildman–Crippen LogP) is 6.88. The minimum absolute atomic E-state index is 0.00769. The summed E-state index contributed by atoms with van der Waals surface area (Å²) in [5, 5.41) is 3.84. The third-order valence-corrected chi connectivity index (χ3v) is 9.72. The van der Waals surface area contributed by atoms with Gasteiger partial charge in [-0.25, -0.2) is 8.42 Å². The van der Waals surface area contributed by atoms with Crippen molar-refractivity contribution in [1.29, 1.82) is 0 Å². The minimum Gasteiger partial charge on any atom is -0.495 e. The molecular formula is C31H36Cl3N3O5S. The highest BCUT2D eigenvalue weighted by molar-refractivity contribution is 7.92. The lowest BCUT2D eigenvalue weighted by Crippen LogP contribution is -2.53. The Balaban J connectivity index is 2.12. The van der Waals surface area contributed by atoms with Crippen molar-refractivity contribution in [2.24, 2.45) is 0 Å². The quantitative estimate of drug-likeness (QED) is 0.214. The van der Waals surface area contributed by atoms with Crippen LogP contribution in [-0.2, 0) is 26.2 Å². The summed E-state index contributed by atoms with van der Waals surface area (Å²) >= 11 is 18.9. The number of methoxy groups -OCH3 is 1. The monoisotopic (exact) mass is 667 g/mol. The summed E-state index contributed by atoms with van der Waals surface area (Å²) in [5.41, 5.74) is 1.58. The van der Waals surface area contributed by atoms with Crippen LogP contribution in [-0.4, -0.2) is 50.9 Å². The Kier molecular flexibility index (Phi) is 12.2. The van der Waals surface area contributed by atoms with E-state index in [4.69, 9.17) is 39.5 Å². The highest BCUT2D eigenvalue weighted by Crippen LogP contribution is 2.32. The zero-order valence-electron chi connectivity index (χ0n) is 24.7. The van der Waals surface area contributed by atoms with Crippen LogP contribution in [0.1, 0.15) is 44.7 Å². The normalized spacial score (nSPS) is 12.7. The fourth-order valence-electron chi connectivity index (χ4n) is 4.37. The minimum atomic E-state index is -4.26. The van der Waals surface area contributed by atoms with Gasteiger partial charge in [0.15, 0.2) is 0 Å². The molecule has 0 bridgehead atoms. The van der Waals surface area contributed by atoms with Gasteiger partial charge in [0.2, 0.25) is 11.8 Å². The van der Waals surface area contributed by atoms with Gasteiger partial charge in [0.05, 0.1) is 22.7 Å². The van der Waals surface area contributed by atoms with E-state index < -0.39 is 28.5 Å². The number of anilines is 1. The molecule has 0 aromatic heterocycles. The maximum Gasteiger partial charge on any atom is 0.264 e. The number of nitrogens with one attached hydrogen (secondary N) is 1. The first-order chi connectivity index (χ1) is 20.3. The van der Waals surface area contributed by atoms with Gasteiger partial charge in [0.1, 0.15) is 18.3 Å². The van der Waals surface area contributed by atoms with E-state index in [0.29, 0.717) is 27.8 Å². The number of nitrogens with zero attached hydrogens (tertiary/aromatic N) is 2. The van der Waals surface area contributed by atoms with Crippen molar-refractivity contribution in [3.8, 4) is 5.75 Å². The fourth-order valence-corrected chi connectivity index (χ4v) is 6.50. The molecule has 0 aliphatic carbocycles. The summed E-state index contributed by atoms with van der Waals surface area (Å²) in [7, 11) is -2.81. The van der Waals surface area contributed by atoms with Crippen LogP contribution >= 0.6 is 34.8 Å². The van der Waals surface area contributed by atoms with Crippen LogP contribution in [0, 0.1) is 6.92 Å². The number of rotatable bonds is 13. The van der Waals surface area contributed by atoms with Crippen molar-refractivity contribution in [3.05, 3.63) is 86.9 Å². The summed E-state index contributed by atoms with van der Waals surface area (Å²) in [5.74, 6) is -0.619. The lowest BCUT2D eigenvalue weighted by Gasteiger charge is -2.34. The standard InChI is InChI=1S/C31H36Cl3N3O5S/c1-6-21(4)35-31(39)28(7-2)36(18-22-10-11-23(32)16-26(22)33)30(38)19-37(24-12-15-29(42-5)27(34)17-24)43(40,41)25-13-8-20(3)9-14-25/h8-17,21,28H,6-7,18-19H2,1-5H3,(H,35,39). The Labute approximate surface area is 268 Å². The molecule has 0 radical (unpaired) electrons. The van der Waals surface area contributed by atoms with E-state index in [-0.39, 0.29) is 40.5 Å². The molecule has 0 heterocycles. The first kappa shape index (κ1) is 34.5. The Morgan fingerprint density at radius 3 is 2.16 bits per heavy atom. The number of halogens is 3. The van der Waals surface area contributed by atoms with E-state index in [1.807, 2.05) is 20.8 Å². The van der Waals surface area contributed by atoms with Crippen molar-refractivity contribution in [3.63, 3.8) is 0 Å². The van der Waals surface area contributed by atoms with Crippen LogP contribution < -0.4 is 14.4 Å². The second kappa shape index (κ2) is 15.1. The van der Waals surface area contributed by atoms with Gasteiger partial charge in [-0.3, -0.25) is 13.9 Å². The second-order valence-electron chi connectivity index (χ2n) is 10.1. The third kappa shape index (κ3) is 8.56. The van der Waals surface area contributed by atoms with E-state index >= 15 is 0 Å². The molecule has 12 heteroatoms. The van der Waals surface area contributed by atoms with Gasteiger partial charge in [-0.2, -0.15) is 0 Å². The highest BCUT2D eigenvalue weighted by atomic mass is 35.5. The smallest absolute Gasteiger partial charge is 0.264 e. The number of amides is 2. The molecule has 3 rings (SSSR count). The summed E-state index contributed by atoms with van der Waals surface area (Å²) in [6.45, 7) is 6.78. The van der Waals surface area contributed by atoms with E-state index in [1.165, 1.54) is 42.3 Å². The molecule has 1 N–H and O–H groups in total. The molecule has 8 nitrogen and oxygen atoms in total. The van der Waals surface area contributed by atoms with E-state index in [9.17, 15) is 18.0 Å². The zero-order chi connectivity index (χ0) is 31.9. The Bertz CT molecular complexity index is 1550. The molecule has 0 aliphatic heterocycles. The number of carbonyl (C=O) groups excluding carboxylic acids is 2. The molecule has 0 saturated heterocycles. The Morgan fingerprint density at radius 2 is 1.60 bits per heavy atom. The largest absolute Gasteiger partial charge is 0.495 e. The van der Waals surface area contributed by atoms with Gasteiger partial charge >= 0.3 is 0 Å². The summed E-state index contributed by atoms with van der Waals surface area (Å²) in [6.07, 6.45) is 0.970. The van der Waals surface area contributed by atoms with E-state index in [0.717, 1.165) is 9.87 Å². The van der Waals surface area contributed by atoms with Crippen molar-refractivity contribution >= 4 is 62.3 Å². The average molecular weight is 669 g/mol. The molecule has 43 heavy (non-hydrogen) atoms. The van der Waals surface area contributed by atoms with Gasteiger partial charge in [-0.15, -0.1) is 0 Å². The van der Waals surface area contributed by atoms with Crippen molar-refractivity contribution in [2.75, 3.05) is 18.0 Å². The molecule has 0 spiro atoms. The molecule has 0 aliphatic rings. The molecule has 232 valence electrons. The van der Waals surface area contributed by atoms with Gasteiger partial charge in [-0.1, -0.05) is 72.4 Å². The number of sulfonamides is 1. The topological polar surface area (TPSA) is 96.0 Å². The molecule has 3 aromatic carbocycles. The van der Waals surface area contributed by atoms with Crippen LogP contribution in [0.25, 0.3) is 0 Å². The lowest BCUT2D eigenvalue weighted by molar-refractivity contribution is -0.140. The maximum atomic E-state index is 14.2. The van der Waals surface area contributed by atoms with Crippen molar-refractivity contribution in [1.82, 2.24) is 10.2 Å². The molecule has 2 atom stereocenters. The van der Waals surface area contributed by atoms with Crippen LogP contribution in [0.3, 0.4) is 0 Å². The number of aryl methyl sites for hydroxylation is 1. The van der Waals surface area contributed by atoms with E-state index in [2.05, 4.69) is 5.32 Å². The lowest BCUT2D eigenvalue weighted by atomic mass is 10.1. The van der Waals surface area contributed by atoms with Crippen LogP contribution in [0.15, 0.2) is 65.6 Å². The summed E-state index contributed by atoms with van der Waals surface area (Å²) in [4.78, 5) is 29.0. The van der Waals surface area contributed by atoms with Crippen LogP contribution in [0.2, 0.25) is 15.1 Å². The van der Waals surface area contributed by atoms with Gasteiger partial charge in [0.25, 0.3) is 10.0 Å². The Hall–Kier alpha value is -2.98. The highest BCUT2D eigenvalue weighted by Gasteiger charge is 2.34. The third-order valence-electron chi connectivity index (χ3n) is 7.05. The SMILES string of the molecule is CCC(C)NC(=O)C(CC)N(Cc1ccc(Cl)cc1Cl)C(=O)CN(c1ccc(OC)c(Cl)c1)S(=O)(=O)c1ccc(C)cc1. The predicted molar refractivity (Wildman–Crippen MR) is 173 cm³/mol. The number of hydrogen-bond donors (Lipinski definition) is 1. The van der Waals surface area contributed by atoms with Crippen LogP contribution in [0.5, 0.6) is 5.75 Å². The Morgan fingerprint density at radius 1 is 0.930 bits per heavy atom. The maximum absolute atomic E-state index is 14.2. The number of benzene rings is 3. The fraction of sp³-hybridized carbons (Fsp3) is 0.355. The molecule has 0 saturated carbocycles. The van der Waals surface area contributed by atoms with Gasteiger partial charge < -0.3 is 15.0 Å². The zero-order valence-corrected chi connectivity index (χ0v) is 27.8. The van der Waals surface area contributed by atoms with Crippen LogP contribution in [0.4, 0.5) is 5.69 Å². The molecule has 2 unspecified atom stereocenters.